The van der Waals surface area contributed by atoms with Crippen molar-refractivity contribution in [1.29, 1.82) is 0 Å². The largest absolute Gasteiger partial charge is 0.264 e. The average Bonchev–Trinajstić information content (AvgIpc) is 2.54. The third-order valence-corrected chi connectivity index (χ3v) is 1.73. The van der Waals surface area contributed by atoms with Crippen LogP contribution in [0.5, 0.6) is 0 Å². The Morgan fingerprint density at radius 1 is 1.42 bits per heavy atom. The van der Waals surface area contributed by atoms with Crippen molar-refractivity contribution in [3.63, 3.8) is 0 Å². The van der Waals surface area contributed by atoms with E-state index in [4.69, 9.17) is 0 Å². The average molecular weight is 225 g/mol. The van der Waals surface area contributed by atoms with Crippen molar-refractivity contribution in [2.75, 3.05) is 0 Å². The highest BCUT2D eigenvalue weighted by Gasteiger charge is 2.02. The topological polar surface area (TPSA) is 54.5 Å². The highest BCUT2D eigenvalue weighted by atomic mass is 79.9. The van der Waals surface area contributed by atoms with Gasteiger partial charge in [-0.2, -0.15) is 5.10 Å². The summed E-state index contributed by atoms with van der Waals surface area (Å²) in [6.45, 7) is 0. The van der Waals surface area contributed by atoms with Gasteiger partial charge >= 0.3 is 0 Å². The SMILES string of the molecule is Brc1nc(-c2cccnc2)n[nH]1. The minimum atomic E-state index is 0.626. The molecule has 5 heteroatoms. The van der Waals surface area contributed by atoms with Gasteiger partial charge in [0, 0.05) is 18.0 Å². The lowest BCUT2D eigenvalue weighted by atomic mass is 10.3. The predicted molar refractivity (Wildman–Crippen MR) is 47.3 cm³/mol. The first kappa shape index (κ1) is 7.42. The molecule has 0 radical (unpaired) electrons. The first-order valence-corrected chi connectivity index (χ1v) is 4.14. The number of H-pyrrole nitrogens is 1. The van der Waals surface area contributed by atoms with Gasteiger partial charge in [-0.15, -0.1) is 0 Å². The van der Waals surface area contributed by atoms with E-state index in [2.05, 4.69) is 36.1 Å². The summed E-state index contributed by atoms with van der Waals surface area (Å²) in [5, 5.41) is 6.66. The molecule has 0 saturated heterocycles. The monoisotopic (exact) mass is 224 g/mol. The van der Waals surface area contributed by atoms with Crippen LogP contribution in [0.15, 0.2) is 29.3 Å². The van der Waals surface area contributed by atoms with E-state index in [0.29, 0.717) is 10.6 Å². The van der Waals surface area contributed by atoms with E-state index in [9.17, 15) is 0 Å². The zero-order valence-corrected chi connectivity index (χ0v) is 7.62. The summed E-state index contributed by atoms with van der Waals surface area (Å²) >= 11 is 3.18. The minimum absolute atomic E-state index is 0.626. The van der Waals surface area contributed by atoms with E-state index in [0.717, 1.165) is 5.56 Å². The third-order valence-electron chi connectivity index (χ3n) is 1.38. The highest BCUT2D eigenvalue weighted by molar-refractivity contribution is 9.10. The van der Waals surface area contributed by atoms with Crippen molar-refractivity contribution < 1.29 is 0 Å². The Bertz CT molecular complexity index is 370. The zero-order valence-electron chi connectivity index (χ0n) is 6.03. The maximum Gasteiger partial charge on any atom is 0.193 e. The molecule has 0 atom stereocenters. The van der Waals surface area contributed by atoms with E-state index in [1.807, 2.05) is 12.1 Å². The van der Waals surface area contributed by atoms with Gasteiger partial charge in [-0.3, -0.25) is 10.1 Å². The van der Waals surface area contributed by atoms with Gasteiger partial charge in [0.1, 0.15) is 0 Å². The van der Waals surface area contributed by atoms with Crippen LogP contribution in [0.1, 0.15) is 0 Å². The summed E-state index contributed by atoms with van der Waals surface area (Å²) in [7, 11) is 0. The molecule has 1 N–H and O–H groups in total. The molecule has 2 rings (SSSR count). The highest BCUT2D eigenvalue weighted by Crippen LogP contribution is 2.13. The molecular weight excluding hydrogens is 220 g/mol. The van der Waals surface area contributed by atoms with Gasteiger partial charge in [-0.05, 0) is 28.1 Å². The first-order chi connectivity index (χ1) is 5.86. The predicted octanol–water partition coefficient (Wildman–Crippen LogP) is 1.63. The lowest BCUT2D eigenvalue weighted by Gasteiger charge is -1.89. The molecule has 2 aromatic rings. The summed E-state index contributed by atoms with van der Waals surface area (Å²) in [6, 6.07) is 3.75. The number of halogens is 1. The third kappa shape index (κ3) is 1.35. The number of rotatable bonds is 1. The molecule has 4 nitrogen and oxygen atoms in total. The molecule has 0 bridgehead atoms. The summed E-state index contributed by atoms with van der Waals surface area (Å²) in [4.78, 5) is 8.05. The van der Waals surface area contributed by atoms with Crippen molar-refractivity contribution >= 4 is 15.9 Å². The first-order valence-electron chi connectivity index (χ1n) is 3.34. The van der Waals surface area contributed by atoms with Crippen molar-refractivity contribution in [1.82, 2.24) is 20.2 Å². The van der Waals surface area contributed by atoms with E-state index < -0.39 is 0 Å². The number of hydrogen-bond donors (Lipinski definition) is 1. The van der Waals surface area contributed by atoms with E-state index >= 15 is 0 Å². The Morgan fingerprint density at radius 3 is 2.92 bits per heavy atom. The van der Waals surface area contributed by atoms with Gasteiger partial charge in [-0.25, -0.2) is 4.98 Å². The van der Waals surface area contributed by atoms with Gasteiger partial charge in [0.2, 0.25) is 0 Å². The molecule has 0 saturated carbocycles. The van der Waals surface area contributed by atoms with E-state index in [-0.39, 0.29) is 0 Å². The van der Waals surface area contributed by atoms with Crippen LogP contribution >= 0.6 is 15.9 Å². The molecule has 0 aliphatic carbocycles. The van der Waals surface area contributed by atoms with Crippen molar-refractivity contribution in [2.24, 2.45) is 0 Å². The number of aromatic amines is 1. The van der Waals surface area contributed by atoms with Gasteiger partial charge < -0.3 is 0 Å². The van der Waals surface area contributed by atoms with Crippen LogP contribution in [-0.2, 0) is 0 Å². The maximum absolute atomic E-state index is 4.09. The minimum Gasteiger partial charge on any atom is -0.264 e. The van der Waals surface area contributed by atoms with Gasteiger partial charge in [0.15, 0.2) is 10.6 Å². The van der Waals surface area contributed by atoms with Gasteiger partial charge in [0.05, 0.1) is 0 Å². The summed E-state index contributed by atoms with van der Waals surface area (Å²) in [5.74, 6) is 0.648. The molecule has 0 aliphatic heterocycles. The zero-order chi connectivity index (χ0) is 8.39. The lowest BCUT2D eigenvalue weighted by Crippen LogP contribution is -1.80. The molecule has 0 aliphatic rings. The van der Waals surface area contributed by atoms with Crippen LogP contribution in [0.4, 0.5) is 0 Å². The number of pyridine rings is 1. The van der Waals surface area contributed by atoms with Crippen LogP contribution < -0.4 is 0 Å². The fourth-order valence-corrected chi connectivity index (χ4v) is 1.12. The maximum atomic E-state index is 4.09. The molecule has 0 amide bonds. The van der Waals surface area contributed by atoms with Crippen molar-refractivity contribution in [2.45, 2.75) is 0 Å². The molecule has 2 aromatic heterocycles. The second-order valence-electron chi connectivity index (χ2n) is 2.19. The second kappa shape index (κ2) is 3.02. The number of aromatic nitrogens is 4. The quantitative estimate of drug-likeness (QED) is 0.802. The number of nitrogens with zero attached hydrogens (tertiary/aromatic N) is 3. The number of hydrogen-bond acceptors (Lipinski definition) is 3. The molecule has 0 fully saturated rings. The summed E-state index contributed by atoms with van der Waals surface area (Å²) < 4.78 is 0.626. The van der Waals surface area contributed by atoms with Crippen LogP contribution in [0, 0.1) is 0 Å². The standard InChI is InChI=1S/C7H5BrN4/c8-7-10-6(11-12-7)5-2-1-3-9-4-5/h1-4H,(H,10,11,12). The fourth-order valence-electron chi connectivity index (χ4n) is 0.866. The van der Waals surface area contributed by atoms with Crippen molar-refractivity contribution in [3.05, 3.63) is 29.3 Å². The van der Waals surface area contributed by atoms with Gasteiger partial charge in [-0.1, -0.05) is 0 Å². The Kier molecular flexibility index (Phi) is 1.87. The fraction of sp³-hybridized carbons (Fsp3) is 0. The molecule has 0 spiro atoms. The molecule has 60 valence electrons. The van der Waals surface area contributed by atoms with Crippen molar-refractivity contribution in [3.8, 4) is 11.4 Å². The van der Waals surface area contributed by atoms with Gasteiger partial charge in [0.25, 0.3) is 0 Å². The molecule has 2 heterocycles. The Balaban J connectivity index is 2.45. The van der Waals surface area contributed by atoms with E-state index in [1.165, 1.54) is 0 Å². The van der Waals surface area contributed by atoms with E-state index in [1.54, 1.807) is 12.4 Å². The van der Waals surface area contributed by atoms with Crippen LogP contribution in [-0.4, -0.2) is 20.2 Å². The molecule has 0 aromatic carbocycles. The Hall–Kier alpha value is -1.23. The number of nitrogens with one attached hydrogen (secondary N) is 1. The molecular formula is C7H5BrN4. The Labute approximate surface area is 77.2 Å². The molecule has 12 heavy (non-hydrogen) atoms. The summed E-state index contributed by atoms with van der Waals surface area (Å²) in [5.41, 5.74) is 0.902. The smallest absolute Gasteiger partial charge is 0.193 e. The van der Waals surface area contributed by atoms with Crippen LogP contribution in [0.3, 0.4) is 0 Å². The van der Waals surface area contributed by atoms with Crippen LogP contribution in [0.25, 0.3) is 11.4 Å². The van der Waals surface area contributed by atoms with Crippen LogP contribution in [0.2, 0.25) is 0 Å². The molecule has 0 unspecified atom stereocenters. The second-order valence-corrected chi connectivity index (χ2v) is 2.94. The normalized spacial score (nSPS) is 10.1. The summed E-state index contributed by atoms with van der Waals surface area (Å²) in [6.07, 6.45) is 3.43. The lowest BCUT2D eigenvalue weighted by molar-refractivity contribution is 1.07. The Morgan fingerprint density at radius 2 is 2.33 bits per heavy atom.